The van der Waals surface area contributed by atoms with Crippen molar-refractivity contribution in [1.29, 1.82) is 0 Å². The van der Waals surface area contributed by atoms with E-state index >= 15 is 0 Å². The van der Waals surface area contributed by atoms with Crippen LogP contribution in [0.15, 0.2) is 12.2 Å². The lowest BCUT2D eigenvalue weighted by molar-refractivity contribution is 0.257. The van der Waals surface area contributed by atoms with Crippen molar-refractivity contribution in [3.63, 3.8) is 0 Å². The Morgan fingerprint density at radius 1 is 1.54 bits per heavy atom. The Morgan fingerprint density at radius 3 is 2.62 bits per heavy atom. The van der Waals surface area contributed by atoms with E-state index in [9.17, 15) is 0 Å². The van der Waals surface area contributed by atoms with Gasteiger partial charge in [0.15, 0.2) is 5.11 Å². The highest BCUT2D eigenvalue weighted by Crippen LogP contribution is 2.26. The second-order valence-corrected chi connectivity index (χ2v) is 4.35. The highest BCUT2D eigenvalue weighted by atomic mass is 32.1. The second-order valence-electron chi connectivity index (χ2n) is 3.95. The van der Waals surface area contributed by atoms with Crippen molar-refractivity contribution in [3.8, 4) is 0 Å². The maximum Gasteiger partial charge on any atom is 0.166 e. The molecule has 74 valence electrons. The molecule has 0 radical (unpaired) electrons. The predicted octanol–water partition coefficient (Wildman–Crippen LogP) is 1.83. The molecule has 0 saturated heterocycles. The Morgan fingerprint density at radius 2 is 2.23 bits per heavy atom. The molecule has 0 aromatic heterocycles. The number of rotatable bonds is 3. The summed E-state index contributed by atoms with van der Waals surface area (Å²) in [5, 5.41) is 7.19. The molecule has 0 aromatic carbocycles. The van der Waals surface area contributed by atoms with Crippen molar-refractivity contribution in [2.45, 2.75) is 32.7 Å². The van der Waals surface area contributed by atoms with Crippen molar-refractivity contribution in [3.05, 3.63) is 12.2 Å². The number of thiocarbonyl (C=S) groups is 1. The highest BCUT2D eigenvalue weighted by Gasteiger charge is 2.26. The van der Waals surface area contributed by atoms with Gasteiger partial charge in [-0.25, -0.2) is 0 Å². The Kier molecular flexibility index (Phi) is 3.72. The topological polar surface area (TPSA) is 24.1 Å². The molecule has 0 amide bonds. The lowest BCUT2D eigenvalue weighted by Gasteiger charge is -2.35. The molecule has 0 heterocycles. The third-order valence-electron chi connectivity index (χ3n) is 2.49. The fourth-order valence-corrected chi connectivity index (χ4v) is 1.56. The third-order valence-corrected chi connectivity index (χ3v) is 2.75. The maximum absolute atomic E-state index is 5.14. The zero-order valence-electron chi connectivity index (χ0n) is 8.39. The molecule has 1 saturated carbocycles. The molecule has 13 heavy (non-hydrogen) atoms. The van der Waals surface area contributed by atoms with E-state index in [-0.39, 0.29) is 0 Å². The van der Waals surface area contributed by atoms with Crippen LogP contribution in [0.3, 0.4) is 0 Å². The van der Waals surface area contributed by atoms with E-state index in [0.717, 1.165) is 23.1 Å². The summed E-state index contributed by atoms with van der Waals surface area (Å²) in [6.07, 6.45) is 2.57. The lowest BCUT2D eigenvalue weighted by atomic mass is 9.81. The quantitative estimate of drug-likeness (QED) is 0.534. The van der Waals surface area contributed by atoms with E-state index in [4.69, 9.17) is 12.2 Å². The van der Waals surface area contributed by atoms with E-state index < -0.39 is 0 Å². The van der Waals surface area contributed by atoms with Crippen molar-refractivity contribution < 1.29 is 0 Å². The van der Waals surface area contributed by atoms with Crippen LogP contribution in [0, 0.1) is 5.92 Å². The largest absolute Gasteiger partial charge is 0.360 e. The van der Waals surface area contributed by atoms with Crippen LogP contribution in [-0.4, -0.2) is 17.7 Å². The first kappa shape index (κ1) is 10.5. The first-order valence-electron chi connectivity index (χ1n) is 4.78. The Bertz CT molecular complexity index is 213. The van der Waals surface area contributed by atoms with Gasteiger partial charge in [-0.3, -0.25) is 0 Å². The normalized spacial score (nSPS) is 26.0. The van der Waals surface area contributed by atoms with Crippen molar-refractivity contribution >= 4 is 17.3 Å². The van der Waals surface area contributed by atoms with Gasteiger partial charge >= 0.3 is 0 Å². The Hall–Kier alpha value is -0.570. The molecule has 1 aliphatic carbocycles. The van der Waals surface area contributed by atoms with Crippen LogP contribution < -0.4 is 10.6 Å². The summed E-state index contributed by atoms with van der Waals surface area (Å²) in [6.45, 7) is 8.82. The Labute approximate surface area is 85.8 Å². The monoisotopic (exact) mass is 198 g/mol. The molecule has 1 aliphatic rings. The van der Waals surface area contributed by atoms with Crippen molar-refractivity contribution in [1.82, 2.24) is 10.6 Å². The molecular weight excluding hydrogens is 180 g/mol. The van der Waals surface area contributed by atoms with Gasteiger partial charge in [0, 0.05) is 12.6 Å². The summed E-state index contributed by atoms with van der Waals surface area (Å²) >= 11 is 5.14. The summed E-state index contributed by atoms with van der Waals surface area (Å²) in [5.41, 5.74) is 1.10. The zero-order chi connectivity index (χ0) is 9.84. The van der Waals surface area contributed by atoms with Gasteiger partial charge in [-0.05, 0) is 37.9 Å². The van der Waals surface area contributed by atoms with Crippen molar-refractivity contribution in [2.24, 2.45) is 5.92 Å². The average molecular weight is 198 g/mol. The minimum atomic E-state index is 0.588. The molecule has 2 atom stereocenters. The molecule has 0 aromatic rings. The van der Waals surface area contributed by atoms with Gasteiger partial charge in [0.25, 0.3) is 0 Å². The first-order valence-corrected chi connectivity index (χ1v) is 5.19. The molecule has 1 rings (SSSR count). The molecular formula is C10H18N2S. The van der Waals surface area contributed by atoms with Gasteiger partial charge in [-0.15, -0.1) is 0 Å². The van der Waals surface area contributed by atoms with Crippen LogP contribution in [0.2, 0.25) is 0 Å². The fourth-order valence-electron chi connectivity index (χ4n) is 1.33. The summed E-state index contributed by atoms with van der Waals surface area (Å²) in [4.78, 5) is 0. The average Bonchev–Trinajstić information content (AvgIpc) is 2.08. The highest BCUT2D eigenvalue weighted by molar-refractivity contribution is 7.80. The summed E-state index contributed by atoms with van der Waals surface area (Å²) in [7, 11) is 0. The molecule has 0 bridgehead atoms. The number of hydrogen-bond acceptors (Lipinski definition) is 1. The van der Waals surface area contributed by atoms with E-state index in [1.54, 1.807) is 0 Å². The van der Waals surface area contributed by atoms with Crippen LogP contribution in [0.5, 0.6) is 0 Å². The van der Waals surface area contributed by atoms with Crippen LogP contribution in [0.4, 0.5) is 0 Å². The molecule has 0 aliphatic heterocycles. The zero-order valence-corrected chi connectivity index (χ0v) is 9.21. The molecule has 3 heteroatoms. The van der Waals surface area contributed by atoms with Gasteiger partial charge in [-0.1, -0.05) is 19.1 Å². The summed E-state index contributed by atoms with van der Waals surface area (Å²) in [6, 6.07) is 0.588. The SMILES string of the molecule is C=C(C)CNC(=S)NC1CCC1C. The smallest absolute Gasteiger partial charge is 0.166 e. The van der Waals surface area contributed by atoms with Gasteiger partial charge in [0.1, 0.15) is 0 Å². The lowest BCUT2D eigenvalue weighted by Crippen LogP contribution is -2.49. The molecule has 1 fully saturated rings. The van der Waals surface area contributed by atoms with E-state index in [0.29, 0.717) is 6.04 Å². The first-order chi connectivity index (χ1) is 6.09. The van der Waals surface area contributed by atoms with Crippen molar-refractivity contribution in [2.75, 3.05) is 6.54 Å². The molecule has 0 spiro atoms. The van der Waals surface area contributed by atoms with E-state index in [2.05, 4.69) is 24.1 Å². The second kappa shape index (κ2) is 4.61. The van der Waals surface area contributed by atoms with Crippen LogP contribution in [0.25, 0.3) is 0 Å². The predicted molar refractivity (Wildman–Crippen MR) is 60.7 cm³/mol. The number of nitrogens with one attached hydrogen (secondary N) is 2. The van der Waals surface area contributed by atoms with Gasteiger partial charge in [0.2, 0.25) is 0 Å². The molecule has 2 N–H and O–H groups in total. The number of hydrogen-bond donors (Lipinski definition) is 2. The van der Waals surface area contributed by atoms with Gasteiger partial charge in [0.05, 0.1) is 0 Å². The maximum atomic E-state index is 5.14. The Balaban J connectivity index is 2.14. The third kappa shape index (κ3) is 3.35. The summed E-state index contributed by atoms with van der Waals surface area (Å²) < 4.78 is 0. The summed E-state index contributed by atoms with van der Waals surface area (Å²) in [5.74, 6) is 0.768. The van der Waals surface area contributed by atoms with Gasteiger partial charge in [-0.2, -0.15) is 0 Å². The minimum Gasteiger partial charge on any atom is -0.360 e. The van der Waals surface area contributed by atoms with Crippen LogP contribution in [-0.2, 0) is 0 Å². The standard InChI is InChI=1S/C10H18N2S/c1-7(2)6-11-10(13)12-9-5-4-8(9)3/h8-9H,1,4-6H2,2-3H3,(H2,11,12,13). The minimum absolute atomic E-state index is 0.588. The van der Waals surface area contributed by atoms with E-state index in [1.807, 2.05) is 6.92 Å². The fraction of sp³-hybridized carbons (Fsp3) is 0.700. The molecule has 2 unspecified atom stereocenters. The van der Waals surface area contributed by atoms with Crippen LogP contribution >= 0.6 is 12.2 Å². The van der Waals surface area contributed by atoms with E-state index in [1.165, 1.54) is 12.8 Å². The van der Waals surface area contributed by atoms with Crippen LogP contribution in [0.1, 0.15) is 26.7 Å². The molecule has 2 nitrogen and oxygen atoms in total. The van der Waals surface area contributed by atoms with Gasteiger partial charge < -0.3 is 10.6 Å².